The molecule has 1 unspecified atom stereocenters. The Balaban J connectivity index is 1.56. The standard InChI is InChI=1S/C20H29N5O3/c1-15-6-4-5-7-16(15)24-10-12-25(13-11-24)17(26)8-9-20(14-23(2)3)18(27)21-19(28)22-20/h4-7H,8-14H2,1-3H3,(H2,21,22,27,28). The fourth-order valence-electron chi connectivity index (χ4n) is 4.03. The minimum absolute atomic E-state index is 0.0245. The molecule has 0 radical (unpaired) electrons. The van der Waals surface area contributed by atoms with Crippen LogP contribution >= 0.6 is 0 Å². The van der Waals surface area contributed by atoms with E-state index in [1.165, 1.54) is 11.3 Å². The second-order valence-electron chi connectivity index (χ2n) is 7.88. The zero-order chi connectivity index (χ0) is 20.3. The molecule has 0 spiro atoms. The van der Waals surface area contributed by atoms with E-state index in [1.54, 1.807) is 0 Å². The smallest absolute Gasteiger partial charge is 0.322 e. The summed E-state index contributed by atoms with van der Waals surface area (Å²) in [6, 6.07) is 7.77. The number of carbonyl (C=O) groups is 3. The molecule has 1 aromatic carbocycles. The van der Waals surface area contributed by atoms with Crippen LogP contribution < -0.4 is 15.5 Å². The van der Waals surface area contributed by atoms with Gasteiger partial charge in [0.1, 0.15) is 5.54 Å². The molecule has 2 aliphatic rings. The van der Waals surface area contributed by atoms with Crippen LogP contribution in [0.25, 0.3) is 0 Å². The zero-order valence-electron chi connectivity index (χ0n) is 16.8. The third-order valence-electron chi connectivity index (χ3n) is 5.45. The lowest BCUT2D eigenvalue weighted by atomic mass is 9.92. The predicted octanol–water partition coefficient (Wildman–Crippen LogP) is 0.564. The number of piperazine rings is 1. The van der Waals surface area contributed by atoms with E-state index in [2.05, 4.69) is 34.6 Å². The van der Waals surface area contributed by atoms with Crippen molar-refractivity contribution in [2.24, 2.45) is 0 Å². The number of amides is 4. The number of nitrogens with zero attached hydrogens (tertiary/aromatic N) is 3. The number of carbonyl (C=O) groups excluding carboxylic acids is 3. The number of benzene rings is 1. The van der Waals surface area contributed by atoms with Crippen LogP contribution in [0.3, 0.4) is 0 Å². The molecule has 2 heterocycles. The highest BCUT2D eigenvalue weighted by Crippen LogP contribution is 2.23. The Morgan fingerprint density at radius 2 is 1.82 bits per heavy atom. The molecule has 152 valence electrons. The van der Waals surface area contributed by atoms with Crippen LogP contribution in [0.4, 0.5) is 10.5 Å². The summed E-state index contributed by atoms with van der Waals surface area (Å²) in [6.07, 6.45) is 0.519. The highest BCUT2D eigenvalue weighted by molar-refractivity contribution is 6.07. The summed E-state index contributed by atoms with van der Waals surface area (Å²) in [5.41, 5.74) is 1.40. The van der Waals surface area contributed by atoms with E-state index in [1.807, 2.05) is 36.0 Å². The Bertz CT molecular complexity index is 758. The minimum atomic E-state index is -1.04. The van der Waals surface area contributed by atoms with Crippen LogP contribution in [-0.4, -0.2) is 80.0 Å². The number of hydrogen-bond acceptors (Lipinski definition) is 5. The molecule has 2 saturated heterocycles. The molecular weight excluding hydrogens is 358 g/mol. The van der Waals surface area contributed by atoms with E-state index in [-0.39, 0.29) is 18.2 Å². The molecule has 0 saturated carbocycles. The molecule has 3 rings (SSSR count). The van der Waals surface area contributed by atoms with Gasteiger partial charge in [-0.25, -0.2) is 4.79 Å². The molecule has 1 aromatic rings. The van der Waals surface area contributed by atoms with E-state index in [0.29, 0.717) is 26.1 Å². The van der Waals surface area contributed by atoms with Crippen LogP contribution in [0.15, 0.2) is 24.3 Å². The average Bonchev–Trinajstić information content (AvgIpc) is 2.93. The number of nitrogens with one attached hydrogen (secondary N) is 2. The summed E-state index contributed by atoms with van der Waals surface area (Å²) in [4.78, 5) is 42.7. The molecular formula is C20H29N5O3. The number of imide groups is 1. The topological polar surface area (TPSA) is 85.0 Å². The number of rotatable bonds is 6. The largest absolute Gasteiger partial charge is 0.368 e. The number of aryl methyl sites for hydroxylation is 1. The molecule has 2 N–H and O–H groups in total. The maximum Gasteiger partial charge on any atom is 0.322 e. The third-order valence-corrected chi connectivity index (χ3v) is 5.45. The summed E-state index contributed by atoms with van der Waals surface area (Å²) >= 11 is 0. The molecule has 1 atom stereocenters. The van der Waals surface area contributed by atoms with Crippen molar-refractivity contribution in [1.82, 2.24) is 20.4 Å². The molecule has 4 amide bonds. The van der Waals surface area contributed by atoms with Crippen molar-refractivity contribution in [3.8, 4) is 0 Å². The van der Waals surface area contributed by atoms with E-state index in [4.69, 9.17) is 0 Å². The number of urea groups is 1. The van der Waals surface area contributed by atoms with Gasteiger partial charge in [0.2, 0.25) is 5.91 Å². The summed E-state index contributed by atoms with van der Waals surface area (Å²) < 4.78 is 0. The van der Waals surface area contributed by atoms with E-state index >= 15 is 0 Å². The summed E-state index contributed by atoms with van der Waals surface area (Å²) in [5, 5.41) is 5.02. The normalized spacial score (nSPS) is 22.4. The van der Waals surface area contributed by atoms with Gasteiger partial charge in [0.25, 0.3) is 5.91 Å². The van der Waals surface area contributed by atoms with Crippen LogP contribution in [-0.2, 0) is 9.59 Å². The fraction of sp³-hybridized carbons (Fsp3) is 0.550. The van der Waals surface area contributed by atoms with Crippen molar-refractivity contribution in [3.63, 3.8) is 0 Å². The van der Waals surface area contributed by atoms with Gasteiger partial charge in [0.15, 0.2) is 0 Å². The SMILES string of the molecule is Cc1ccccc1N1CCN(C(=O)CCC2(CN(C)C)NC(=O)NC2=O)CC1. The first-order chi connectivity index (χ1) is 13.3. The van der Waals surface area contributed by atoms with Crippen molar-refractivity contribution in [2.75, 3.05) is 51.7 Å². The molecule has 0 aromatic heterocycles. The van der Waals surface area contributed by atoms with Gasteiger partial charge in [0.05, 0.1) is 0 Å². The van der Waals surface area contributed by atoms with Crippen molar-refractivity contribution in [3.05, 3.63) is 29.8 Å². The third kappa shape index (κ3) is 4.27. The number of hydrogen-bond donors (Lipinski definition) is 2. The first-order valence-corrected chi connectivity index (χ1v) is 9.67. The van der Waals surface area contributed by atoms with Crippen molar-refractivity contribution < 1.29 is 14.4 Å². The predicted molar refractivity (Wildman–Crippen MR) is 107 cm³/mol. The first kappa shape index (κ1) is 20.1. The highest BCUT2D eigenvalue weighted by Gasteiger charge is 2.46. The van der Waals surface area contributed by atoms with Gasteiger partial charge >= 0.3 is 6.03 Å². The lowest BCUT2D eigenvalue weighted by Gasteiger charge is -2.37. The Hall–Kier alpha value is -2.61. The quantitative estimate of drug-likeness (QED) is 0.697. The maximum atomic E-state index is 12.7. The fourth-order valence-corrected chi connectivity index (χ4v) is 4.03. The van der Waals surface area contributed by atoms with Gasteiger partial charge in [-0.05, 0) is 39.1 Å². The first-order valence-electron chi connectivity index (χ1n) is 9.67. The molecule has 8 heteroatoms. The number of likely N-dealkylation sites (N-methyl/N-ethyl adjacent to an activating group) is 1. The van der Waals surface area contributed by atoms with Crippen LogP contribution in [0.2, 0.25) is 0 Å². The summed E-state index contributed by atoms with van der Waals surface area (Å²) in [7, 11) is 3.68. The van der Waals surface area contributed by atoms with Gasteiger partial charge < -0.3 is 20.0 Å². The highest BCUT2D eigenvalue weighted by atomic mass is 16.2. The summed E-state index contributed by atoms with van der Waals surface area (Å²) in [6.45, 7) is 5.35. The lowest BCUT2D eigenvalue weighted by molar-refractivity contribution is -0.132. The molecule has 0 bridgehead atoms. The number of para-hydroxylation sites is 1. The molecule has 28 heavy (non-hydrogen) atoms. The monoisotopic (exact) mass is 387 g/mol. The Kier molecular flexibility index (Phi) is 5.88. The van der Waals surface area contributed by atoms with E-state index in [9.17, 15) is 14.4 Å². The van der Waals surface area contributed by atoms with Crippen LogP contribution in [0, 0.1) is 6.92 Å². The maximum absolute atomic E-state index is 12.7. The molecule has 8 nitrogen and oxygen atoms in total. The van der Waals surface area contributed by atoms with Gasteiger partial charge in [0, 0.05) is 44.8 Å². The van der Waals surface area contributed by atoms with Crippen molar-refractivity contribution >= 4 is 23.5 Å². The molecule has 2 aliphatic heterocycles. The van der Waals surface area contributed by atoms with Crippen LogP contribution in [0.1, 0.15) is 18.4 Å². The lowest BCUT2D eigenvalue weighted by Crippen LogP contribution is -2.55. The Morgan fingerprint density at radius 1 is 1.14 bits per heavy atom. The number of anilines is 1. The molecule has 2 fully saturated rings. The Labute approximate surface area is 165 Å². The zero-order valence-corrected chi connectivity index (χ0v) is 16.8. The molecule has 0 aliphatic carbocycles. The van der Waals surface area contributed by atoms with Crippen molar-refractivity contribution in [2.45, 2.75) is 25.3 Å². The van der Waals surface area contributed by atoms with Crippen molar-refractivity contribution in [1.29, 1.82) is 0 Å². The van der Waals surface area contributed by atoms with Gasteiger partial charge in [-0.2, -0.15) is 0 Å². The van der Waals surface area contributed by atoms with E-state index in [0.717, 1.165) is 13.1 Å². The Morgan fingerprint density at radius 3 is 2.39 bits per heavy atom. The second-order valence-corrected chi connectivity index (χ2v) is 7.88. The van der Waals surface area contributed by atoms with E-state index < -0.39 is 11.6 Å². The summed E-state index contributed by atoms with van der Waals surface area (Å²) in [5.74, 6) is -0.333. The average molecular weight is 387 g/mol. The second kappa shape index (κ2) is 8.18. The minimum Gasteiger partial charge on any atom is -0.368 e. The van der Waals surface area contributed by atoms with Gasteiger partial charge in [-0.1, -0.05) is 18.2 Å². The van der Waals surface area contributed by atoms with Gasteiger partial charge in [-0.3, -0.25) is 14.9 Å². The van der Waals surface area contributed by atoms with Crippen LogP contribution in [0.5, 0.6) is 0 Å². The van der Waals surface area contributed by atoms with Gasteiger partial charge in [-0.15, -0.1) is 0 Å².